The molecule has 1 saturated heterocycles. The van der Waals surface area contributed by atoms with E-state index in [1.54, 1.807) is 6.92 Å². The van der Waals surface area contributed by atoms with Gasteiger partial charge in [0.25, 0.3) is 0 Å². The van der Waals surface area contributed by atoms with Crippen LogP contribution in [0.2, 0.25) is 0 Å². The molecule has 1 aliphatic heterocycles. The second-order valence-corrected chi connectivity index (χ2v) is 7.33. The Kier molecular flexibility index (Phi) is 4.10. The zero-order valence-corrected chi connectivity index (χ0v) is 14.0. The van der Waals surface area contributed by atoms with Gasteiger partial charge in [0.1, 0.15) is 0 Å². The molecular formula is C17H22BrNO2. The van der Waals surface area contributed by atoms with E-state index in [1.807, 2.05) is 17.0 Å². The van der Waals surface area contributed by atoms with Gasteiger partial charge in [0, 0.05) is 23.9 Å². The van der Waals surface area contributed by atoms with E-state index in [1.165, 1.54) is 0 Å². The van der Waals surface area contributed by atoms with Crippen molar-refractivity contribution in [1.82, 2.24) is 4.90 Å². The maximum absolute atomic E-state index is 12.1. The number of rotatable bonds is 1. The lowest BCUT2D eigenvalue weighted by Gasteiger charge is -2.52. The number of piperidine rings is 1. The van der Waals surface area contributed by atoms with E-state index < -0.39 is 5.60 Å². The van der Waals surface area contributed by atoms with Crippen LogP contribution in [0, 0.1) is 5.92 Å². The number of benzene rings is 1. The molecule has 1 heterocycles. The molecule has 0 radical (unpaired) electrons. The van der Waals surface area contributed by atoms with Gasteiger partial charge in [-0.05, 0) is 37.0 Å². The van der Waals surface area contributed by atoms with Gasteiger partial charge in [0.15, 0.2) is 0 Å². The van der Waals surface area contributed by atoms with Crippen molar-refractivity contribution in [2.45, 2.75) is 50.7 Å². The zero-order valence-electron chi connectivity index (χ0n) is 12.4. The predicted molar refractivity (Wildman–Crippen MR) is 85.8 cm³/mol. The summed E-state index contributed by atoms with van der Waals surface area (Å²) in [5, 5.41) is 11.0. The third kappa shape index (κ3) is 2.76. The van der Waals surface area contributed by atoms with Gasteiger partial charge in [-0.25, -0.2) is 0 Å². The minimum absolute atomic E-state index is 0.000880. The van der Waals surface area contributed by atoms with E-state index in [0.717, 1.165) is 35.7 Å². The van der Waals surface area contributed by atoms with Crippen LogP contribution in [0.1, 0.15) is 50.6 Å². The number of aliphatic hydroxyl groups is 1. The van der Waals surface area contributed by atoms with Crippen molar-refractivity contribution < 1.29 is 9.90 Å². The Morgan fingerprint density at radius 2 is 2.19 bits per heavy atom. The standard InChI is InChI=1S/C17H22BrNO2/c1-12(20)19-10-9-17(21)8-3-2-7-15(17)16(19)13-5-4-6-14(18)11-13/h4-6,11,15-16,21H,2-3,7-10H2,1H3/t15-,16+,17-/m1/s1. The Labute approximate surface area is 134 Å². The average molecular weight is 352 g/mol. The molecule has 2 aliphatic rings. The number of amides is 1. The minimum atomic E-state index is -0.600. The monoisotopic (exact) mass is 351 g/mol. The summed E-state index contributed by atoms with van der Waals surface area (Å²) < 4.78 is 1.02. The van der Waals surface area contributed by atoms with Crippen molar-refractivity contribution in [3.63, 3.8) is 0 Å². The quantitative estimate of drug-likeness (QED) is 0.838. The molecule has 3 nitrogen and oxygen atoms in total. The fourth-order valence-corrected chi connectivity index (χ4v) is 4.55. The van der Waals surface area contributed by atoms with Crippen LogP contribution in [0.5, 0.6) is 0 Å². The molecule has 114 valence electrons. The highest BCUT2D eigenvalue weighted by atomic mass is 79.9. The molecule has 1 N–H and O–H groups in total. The lowest BCUT2D eigenvalue weighted by Crippen LogP contribution is -2.55. The molecule has 0 aromatic heterocycles. The SMILES string of the molecule is CC(=O)N1CC[C@]2(O)CCCC[C@@H]2[C@@H]1c1cccc(Br)c1. The van der Waals surface area contributed by atoms with E-state index in [2.05, 4.69) is 28.1 Å². The third-order valence-electron chi connectivity index (χ3n) is 5.16. The number of fused-ring (bicyclic) bond motifs is 1. The third-order valence-corrected chi connectivity index (χ3v) is 5.66. The van der Waals surface area contributed by atoms with Crippen LogP contribution in [0.4, 0.5) is 0 Å². The molecule has 21 heavy (non-hydrogen) atoms. The smallest absolute Gasteiger partial charge is 0.219 e. The summed E-state index contributed by atoms with van der Waals surface area (Å²) >= 11 is 3.52. The van der Waals surface area contributed by atoms with Crippen LogP contribution < -0.4 is 0 Å². The molecule has 0 unspecified atom stereocenters. The first-order chi connectivity index (χ1) is 10.0. The van der Waals surface area contributed by atoms with Gasteiger partial charge in [0.05, 0.1) is 11.6 Å². The summed E-state index contributed by atoms with van der Waals surface area (Å²) in [7, 11) is 0. The highest BCUT2D eigenvalue weighted by Gasteiger charge is 2.49. The Morgan fingerprint density at radius 1 is 1.38 bits per heavy atom. The van der Waals surface area contributed by atoms with Gasteiger partial charge >= 0.3 is 0 Å². The van der Waals surface area contributed by atoms with E-state index in [-0.39, 0.29) is 17.9 Å². The number of hydrogen-bond donors (Lipinski definition) is 1. The largest absolute Gasteiger partial charge is 0.389 e. The van der Waals surface area contributed by atoms with Gasteiger partial charge < -0.3 is 10.0 Å². The van der Waals surface area contributed by atoms with Crippen molar-refractivity contribution in [3.05, 3.63) is 34.3 Å². The molecule has 3 rings (SSSR count). The van der Waals surface area contributed by atoms with Crippen molar-refractivity contribution >= 4 is 21.8 Å². The lowest BCUT2D eigenvalue weighted by atomic mass is 9.66. The Hall–Kier alpha value is -0.870. The topological polar surface area (TPSA) is 40.5 Å². The van der Waals surface area contributed by atoms with Crippen LogP contribution in [-0.2, 0) is 4.79 Å². The first kappa shape index (κ1) is 15.0. The number of carbonyl (C=O) groups excluding carboxylic acids is 1. The van der Waals surface area contributed by atoms with Gasteiger partial charge in [0.2, 0.25) is 5.91 Å². The van der Waals surface area contributed by atoms with Crippen molar-refractivity contribution in [1.29, 1.82) is 0 Å². The van der Waals surface area contributed by atoms with Gasteiger partial charge in [-0.3, -0.25) is 4.79 Å². The molecule has 0 bridgehead atoms. The Morgan fingerprint density at radius 3 is 2.90 bits per heavy atom. The van der Waals surface area contributed by atoms with Crippen molar-refractivity contribution in [2.75, 3.05) is 6.54 Å². The number of carbonyl (C=O) groups is 1. The summed E-state index contributed by atoms with van der Waals surface area (Å²) in [6.07, 6.45) is 4.81. The fourth-order valence-electron chi connectivity index (χ4n) is 4.14. The van der Waals surface area contributed by atoms with Gasteiger partial charge in [-0.2, -0.15) is 0 Å². The van der Waals surface area contributed by atoms with Crippen LogP contribution >= 0.6 is 15.9 Å². The molecule has 2 fully saturated rings. The molecule has 1 aliphatic carbocycles. The second kappa shape index (κ2) is 5.73. The summed E-state index contributed by atoms with van der Waals surface area (Å²) in [5.41, 5.74) is 0.529. The van der Waals surface area contributed by atoms with E-state index in [4.69, 9.17) is 0 Å². The molecule has 1 aromatic carbocycles. The van der Waals surface area contributed by atoms with Gasteiger partial charge in [-0.15, -0.1) is 0 Å². The first-order valence-electron chi connectivity index (χ1n) is 7.76. The molecule has 1 saturated carbocycles. The van der Waals surface area contributed by atoms with Crippen molar-refractivity contribution in [3.8, 4) is 0 Å². The lowest BCUT2D eigenvalue weighted by molar-refractivity contribution is -0.153. The summed E-state index contributed by atoms with van der Waals surface area (Å²) in [6.45, 7) is 2.29. The number of nitrogens with zero attached hydrogens (tertiary/aromatic N) is 1. The number of hydrogen-bond acceptors (Lipinski definition) is 2. The van der Waals surface area contributed by atoms with Crippen LogP contribution in [-0.4, -0.2) is 28.1 Å². The maximum Gasteiger partial charge on any atom is 0.219 e. The van der Waals surface area contributed by atoms with E-state index in [0.29, 0.717) is 13.0 Å². The molecule has 4 heteroatoms. The predicted octanol–water partition coefficient (Wildman–Crippen LogP) is 3.66. The zero-order chi connectivity index (χ0) is 15.0. The Balaban J connectivity index is 2.02. The summed E-state index contributed by atoms with van der Waals surface area (Å²) in [5.74, 6) is 0.255. The fraction of sp³-hybridized carbons (Fsp3) is 0.588. The average Bonchev–Trinajstić information content (AvgIpc) is 2.45. The van der Waals surface area contributed by atoms with E-state index in [9.17, 15) is 9.90 Å². The van der Waals surface area contributed by atoms with Gasteiger partial charge in [-0.1, -0.05) is 40.9 Å². The molecular weight excluding hydrogens is 330 g/mol. The second-order valence-electron chi connectivity index (χ2n) is 6.42. The van der Waals surface area contributed by atoms with Crippen molar-refractivity contribution in [2.24, 2.45) is 5.92 Å². The first-order valence-corrected chi connectivity index (χ1v) is 8.56. The highest BCUT2D eigenvalue weighted by Crippen LogP contribution is 2.49. The molecule has 1 amide bonds. The minimum Gasteiger partial charge on any atom is -0.389 e. The highest BCUT2D eigenvalue weighted by molar-refractivity contribution is 9.10. The normalized spacial score (nSPS) is 32.6. The number of likely N-dealkylation sites (tertiary alicyclic amines) is 1. The number of halogens is 1. The molecule has 1 aromatic rings. The summed E-state index contributed by atoms with van der Waals surface area (Å²) in [4.78, 5) is 14.0. The molecule has 3 atom stereocenters. The van der Waals surface area contributed by atoms with Crippen LogP contribution in [0.15, 0.2) is 28.7 Å². The van der Waals surface area contributed by atoms with Crippen LogP contribution in [0.3, 0.4) is 0 Å². The molecule has 0 spiro atoms. The van der Waals surface area contributed by atoms with E-state index >= 15 is 0 Å². The Bertz CT molecular complexity index is 547. The van der Waals surface area contributed by atoms with Crippen LogP contribution in [0.25, 0.3) is 0 Å². The summed E-state index contributed by atoms with van der Waals surface area (Å²) in [6, 6.07) is 8.16. The maximum atomic E-state index is 12.1.